The van der Waals surface area contributed by atoms with Crippen LogP contribution in [0.4, 0.5) is 0 Å². The quantitative estimate of drug-likeness (QED) is 0.896. The molecule has 1 aromatic carbocycles. The van der Waals surface area contributed by atoms with E-state index in [0.29, 0.717) is 5.92 Å². The van der Waals surface area contributed by atoms with Gasteiger partial charge < -0.3 is 5.11 Å². The number of para-hydroxylation sites is 1. The first-order valence-electron chi connectivity index (χ1n) is 6.43. The first-order valence-corrected chi connectivity index (χ1v) is 6.43. The van der Waals surface area contributed by atoms with Crippen LogP contribution in [-0.2, 0) is 6.42 Å². The molecule has 1 aromatic heterocycles. The third-order valence-electron chi connectivity index (χ3n) is 3.23. The lowest BCUT2D eigenvalue weighted by molar-refractivity contribution is 0.428. The summed E-state index contributed by atoms with van der Waals surface area (Å²) in [6.45, 7) is 8.27. The van der Waals surface area contributed by atoms with Gasteiger partial charge in [0.15, 0.2) is 0 Å². The maximum absolute atomic E-state index is 10.3. The monoisotopic (exact) mass is 244 g/mol. The van der Waals surface area contributed by atoms with Crippen molar-refractivity contribution in [3.05, 3.63) is 41.1 Å². The first kappa shape index (κ1) is 12.7. The van der Waals surface area contributed by atoms with Crippen molar-refractivity contribution in [1.29, 1.82) is 0 Å². The molecule has 1 heterocycles. The zero-order valence-electron chi connectivity index (χ0n) is 11.4. The Balaban J connectivity index is 2.63. The summed E-state index contributed by atoms with van der Waals surface area (Å²) in [5, 5.41) is 14.9. The molecule has 0 atom stereocenters. The highest BCUT2D eigenvalue weighted by Gasteiger charge is 2.19. The van der Waals surface area contributed by atoms with Gasteiger partial charge in [0, 0.05) is 5.56 Å². The molecule has 18 heavy (non-hydrogen) atoms. The molecule has 0 spiro atoms. The number of benzene rings is 1. The van der Waals surface area contributed by atoms with Crippen molar-refractivity contribution in [2.24, 2.45) is 0 Å². The van der Waals surface area contributed by atoms with Gasteiger partial charge in [0.05, 0.1) is 11.4 Å². The highest BCUT2D eigenvalue weighted by Crippen LogP contribution is 2.30. The normalized spacial score (nSPS) is 11.2. The maximum Gasteiger partial charge on any atom is 0.217 e. The Hall–Kier alpha value is -1.77. The average molecular weight is 244 g/mol. The molecule has 0 saturated carbocycles. The minimum atomic E-state index is 0.274. The van der Waals surface area contributed by atoms with E-state index in [1.165, 1.54) is 0 Å². The van der Waals surface area contributed by atoms with E-state index in [0.717, 1.165) is 28.9 Å². The van der Waals surface area contributed by atoms with Crippen molar-refractivity contribution < 1.29 is 5.11 Å². The molecule has 0 aliphatic carbocycles. The Morgan fingerprint density at radius 2 is 1.94 bits per heavy atom. The van der Waals surface area contributed by atoms with Crippen LogP contribution in [-0.4, -0.2) is 14.9 Å². The molecule has 0 saturated heterocycles. The average Bonchev–Trinajstić information content (AvgIpc) is 2.67. The molecule has 0 aliphatic heterocycles. The Morgan fingerprint density at radius 1 is 1.28 bits per heavy atom. The van der Waals surface area contributed by atoms with Crippen LogP contribution in [0.15, 0.2) is 24.3 Å². The molecule has 0 radical (unpaired) electrons. The Labute approximate surface area is 108 Å². The summed E-state index contributed by atoms with van der Waals surface area (Å²) < 4.78 is 1.66. The van der Waals surface area contributed by atoms with Gasteiger partial charge in [0.2, 0.25) is 5.88 Å². The zero-order valence-corrected chi connectivity index (χ0v) is 11.4. The second-order valence-corrected chi connectivity index (χ2v) is 4.89. The fraction of sp³-hybridized carbons (Fsp3) is 0.400. The maximum atomic E-state index is 10.3. The number of hydrogen-bond donors (Lipinski definition) is 1. The molecular weight excluding hydrogens is 224 g/mol. The summed E-state index contributed by atoms with van der Waals surface area (Å²) >= 11 is 0. The lowest BCUT2D eigenvalue weighted by Crippen LogP contribution is -1.99. The molecule has 3 nitrogen and oxygen atoms in total. The fourth-order valence-electron chi connectivity index (χ4n) is 2.23. The third-order valence-corrected chi connectivity index (χ3v) is 3.23. The van der Waals surface area contributed by atoms with Gasteiger partial charge in [-0.2, -0.15) is 5.10 Å². The summed E-state index contributed by atoms with van der Waals surface area (Å²) in [5.41, 5.74) is 3.98. The van der Waals surface area contributed by atoms with E-state index in [-0.39, 0.29) is 5.88 Å². The lowest BCUT2D eigenvalue weighted by Gasteiger charge is -2.06. The van der Waals surface area contributed by atoms with E-state index in [4.69, 9.17) is 0 Å². The molecular formula is C15H20N2O. The summed E-state index contributed by atoms with van der Waals surface area (Å²) in [5.74, 6) is 0.589. The van der Waals surface area contributed by atoms with E-state index < -0.39 is 0 Å². The van der Waals surface area contributed by atoms with Gasteiger partial charge in [-0.05, 0) is 30.9 Å². The fourth-order valence-corrected chi connectivity index (χ4v) is 2.23. The summed E-state index contributed by atoms with van der Waals surface area (Å²) in [6.07, 6.45) is 0.797. The molecule has 96 valence electrons. The number of hydrogen-bond acceptors (Lipinski definition) is 2. The van der Waals surface area contributed by atoms with Crippen molar-refractivity contribution in [1.82, 2.24) is 9.78 Å². The number of aromatic hydroxyl groups is 1. The highest BCUT2D eigenvalue weighted by molar-refractivity contribution is 5.45. The molecule has 0 bridgehead atoms. The number of aromatic nitrogens is 2. The van der Waals surface area contributed by atoms with Crippen LogP contribution < -0.4 is 0 Å². The second kappa shape index (κ2) is 4.84. The van der Waals surface area contributed by atoms with Crippen LogP contribution in [0.2, 0.25) is 0 Å². The van der Waals surface area contributed by atoms with E-state index in [2.05, 4.69) is 18.9 Å². The number of rotatable bonds is 3. The van der Waals surface area contributed by atoms with Gasteiger partial charge in [-0.15, -0.1) is 0 Å². The third kappa shape index (κ3) is 2.01. The van der Waals surface area contributed by atoms with Crippen molar-refractivity contribution in [2.75, 3.05) is 0 Å². The van der Waals surface area contributed by atoms with Crippen molar-refractivity contribution in [3.8, 4) is 11.6 Å². The highest BCUT2D eigenvalue weighted by atomic mass is 16.3. The molecule has 2 aromatic rings. The van der Waals surface area contributed by atoms with Gasteiger partial charge in [-0.1, -0.05) is 39.0 Å². The topological polar surface area (TPSA) is 38.0 Å². The Morgan fingerprint density at radius 3 is 2.44 bits per heavy atom. The minimum Gasteiger partial charge on any atom is -0.493 e. The molecule has 0 fully saturated rings. The van der Waals surface area contributed by atoms with Crippen molar-refractivity contribution in [3.63, 3.8) is 0 Å². The van der Waals surface area contributed by atoms with E-state index >= 15 is 0 Å². The van der Waals surface area contributed by atoms with Gasteiger partial charge in [0.1, 0.15) is 0 Å². The lowest BCUT2D eigenvalue weighted by atomic mass is 10.0. The molecule has 1 N–H and O–H groups in total. The van der Waals surface area contributed by atoms with Gasteiger partial charge in [0.25, 0.3) is 0 Å². The smallest absolute Gasteiger partial charge is 0.217 e. The predicted octanol–water partition coefficient (Wildman–Crippen LogP) is 3.57. The number of nitrogens with zero attached hydrogens (tertiary/aromatic N) is 2. The predicted molar refractivity (Wildman–Crippen MR) is 73.4 cm³/mol. The van der Waals surface area contributed by atoms with Crippen LogP contribution >= 0.6 is 0 Å². The number of aryl methyl sites for hydroxylation is 1. The van der Waals surface area contributed by atoms with Crippen molar-refractivity contribution >= 4 is 0 Å². The van der Waals surface area contributed by atoms with Gasteiger partial charge in [-0.25, -0.2) is 4.68 Å². The summed E-state index contributed by atoms with van der Waals surface area (Å²) in [6, 6.07) is 7.95. The van der Waals surface area contributed by atoms with Crippen LogP contribution in [0.3, 0.4) is 0 Å². The zero-order chi connectivity index (χ0) is 13.3. The van der Waals surface area contributed by atoms with E-state index in [1.807, 2.05) is 38.1 Å². The van der Waals surface area contributed by atoms with Crippen LogP contribution in [0, 0.1) is 6.92 Å². The van der Waals surface area contributed by atoms with E-state index in [9.17, 15) is 5.11 Å². The minimum absolute atomic E-state index is 0.274. The van der Waals surface area contributed by atoms with Gasteiger partial charge >= 0.3 is 0 Å². The van der Waals surface area contributed by atoms with Crippen LogP contribution in [0.1, 0.15) is 43.5 Å². The summed E-state index contributed by atoms with van der Waals surface area (Å²) in [4.78, 5) is 0. The SMILES string of the molecule is CCc1c(C(C)C)nn(-c2ccccc2C)c1O. The molecule has 0 amide bonds. The van der Waals surface area contributed by atoms with Crippen LogP contribution in [0.5, 0.6) is 5.88 Å². The molecule has 3 heteroatoms. The Bertz CT molecular complexity index is 556. The second-order valence-electron chi connectivity index (χ2n) is 4.89. The summed E-state index contributed by atoms with van der Waals surface area (Å²) in [7, 11) is 0. The largest absolute Gasteiger partial charge is 0.493 e. The van der Waals surface area contributed by atoms with Gasteiger partial charge in [-0.3, -0.25) is 0 Å². The van der Waals surface area contributed by atoms with E-state index in [1.54, 1.807) is 4.68 Å². The first-order chi connectivity index (χ1) is 8.56. The molecule has 2 rings (SSSR count). The van der Waals surface area contributed by atoms with Crippen molar-refractivity contribution in [2.45, 2.75) is 40.0 Å². The van der Waals surface area contributed by atoms with Crippen LogP contribution in [0.25, 0.3) is 5.69 Å². The Kier molecular flexibility index (Phi) is 3.41. The standard InChI is InChI=1S/C15H20N2O/c1-5-12-14(10(2)3)16-17(15(12)18)13-9-7-6-8-11(13)4/h6-10,18H,5H2,1-4H3. The molecule has 0 unspecified atom stereocenters. The molecule has 0 aliphatic rings.